The van der Waals surface area contributed by atoms with Crippen LogP contribution in [0.4, 0.5) is 17.1 Å². The standard InChI is InChI=1S/C17H16BrN3O5/c1-26-17(23)14-10-13(6-7-15(14)21(24)25)19-9-8-16(22)20-12-4-2-11(18)3-5-12/h2-7,10,19H,8-9H2,1H3,(H,20,22). The molecule has 0 radical (unpaired) electrons. The molecule has 2 N–H and O–H groups in total. The molecule has 2 aromatic rings. The summed E-state index contributed by atoms with van der Waals surface area (Å²) < 4.78 is 5.47. The van der Waals surface area contributed by atoms with Gasteiger partial charge in [-0.2, -0.15) is 0 Å². The summed E-state index contributed by atoms with van der Waals surface area (Å²) in [5.41, 5.74) is 0.672. The van der Waals surface area contributed by atoms with E-state index < -0.39 is 10.9 Å². The SMILES string of the molecule is COC(=O)c1cc(NCCC(=O)Nc2ccc(Br)cc2)ccc1[N+](=O)[O-]. The van der Waals surface area contributed by atoms with Crippen molar-refractivity contribution in [2.45, 2.75) is 6.42 Å². The molecule has 0 unspecified atom stereocenters. The number of anilines is 2. The lowest BCUT2D eigenvalue weighted by Gasteiger charge is -2.09. The molecule has 1 amide bonds. The first-order valence-electron chi connectivity index (χ1n) is 7.56. The van der Waals surface area contributed by atoms with Gasteiger partial charge in [-0.25, -0.2) is 4.79 Å². The van der Waals surface area contributed by atoms with Crippen LogP contribution >= 0.6 is 15.9 Å². The molecule has 2 aromatic carbocycles. The van der Waals surface area contributed by atoms with E-state index in [1.807, 2.05) is 12.1 Å². The lowest BCUT2D eigenvalue weighted by molar-refractivity contribution is -0.385. The Morgan fingerprint density at radius 1 is 1.15 bits per heavy atom. The van der Waals surface area contributed by atoms with Gasteiger partial charge in [0.1, 0.15) is 5.56 Å². The summed E-state index contributed by atoms with van der Waals surface area (Å²) in [7, 11) is 1.15. The molecule has 0 saturated heterocycles. The minimum Gasteiger partial charge on any atom is -0.465 e. The van der Waals surface area contributed by atoms with E-state index in [4.69, 9.17) is 0 Å². The Balaban J connectivity index is 1.94. The highest BCUT2D eigenvalue weighted by Crippen LogP contribution is 2.23. The first kappa shape index (κ1) is 19.4. The van der Waals surface area contributed by atoms with E-state index in [2.05, 4.69) is 31.3 Å². The second-order valence-corrected chi connectivity index (χ2v) is 6.13. The molecule has 8 nitrogen and oxygen atoms in total. The number of halogens is 1. The Morgan fingerprint density at radius 2 is 1.81 bits per heavy atom. The third-order valence-corrected chi connectivity index (χ3v) is 3.94. The summed E-state index contributed by atoms with van der Waals surface area (Å²) in [4.78, 5) is 33.9. The largest absolute Gasteiger partial charge is 0.465 e. The van der Waals surface area contributed by atoms with Crippen LogP contribution in [0, 0.1) is 10.1 Å². The zero-order chi connectivity index (χ0) is 19.1. The number of esters is 1. The number of carbonyl (C=O) groups is 2. The maximum Gasteiger partial charge on any atom is 0.344 e. The predicted octanol–water partition coefficient (Wildman–Crippen LogP) is 3.58. The smallest absolute Gasteiger partial charge is 0.344 e. The van der Waals surface area contributed by atoms with Gasteiger partial charge in [-0.05, 0) is 36.4 Å². The fraction of sp³-hybridized carbons (Fsp3) is 0.176. The van der Waals surface area contributed by atoms with E-state index in [1.165, 1.54) is 18.2 Å². The van der Waals surface area contributed by atoms with Crippen LogP contribution in [-0.4, -0.2) is 30.5 Å². The fourth-order valence-electron chi connectivity index (χ4n) is 2.16. The Bertz CT molecular complexity index is 824. The molecule has 2 rings (SSSR count). The van der Waals surface area contributed by atoms with Gasteiger partial charge in [-0.1, -0.05) is 15.9 Å². The van der Waals surface area contributed by atoms with Crippen molar-refractivity contribution in [3.63, 3.8) is 0 Å². The van der Waals surface area contributed by atoms with Crippen LogP contribution < -0.4 is 10.6 Å². The lowest BCUT2D eigenvalue weighted by Crippen LogP contribution is -2.16. The summed E-state index contributed by atoms with van der Waals surface area (Å²) in [6.45, 7) is 0.292. The third-order valence-electron chi connectivity index (χ3n) is 3.41. The average molecular weight is 422 g/mol. The van der Waals surface area contributed by atoms with Gasteiger partial charge in [0.05, 0.1) is 12.0 Å². The molecule has 0 heterocycles. The molecule has 0 aromatic heterocycles. The second-order valence-electron chi connectivity index (χ2n) is 5.21. The molecule has 0 fully saturated rings. The molecule has 0 aliphatic heterocycles. The van der Waals surface area contributed by atoms with E-state index in [1.54, 1.807) is 12.1 Å². The highest BCUT2D eigenvalue weighted by molar-refractivity contribution is 9.10. The van der Waals surface area contributed by atoms with Crippen molar-refractivity contribution in [2.75, 3.05) is 24.3 Å². The molecule has 0 aliphatic carbocycles. The maximum absolute atomic E-state index is 11.9. The molecular weight excluding hydrogens is 406 g/mol. The molecule has 0 bridgehead atoms. The number of nitrogens with zero attached hydrogens (tertiary/aromatic N) is 1. The summed E-state index contributed by atoms with van der Waals surface area (Å²) in [5, 5.41) is 16.7. The number of carbonyl (C=O) groups excluding carboxylic acids is 2. The predicted molar refractivity (Wildman–Crippen MR) is 100 cm³/mol. The van der Waals surface area contributed by atoms with Gasteiger partial charge < -0.3 is 15.4 Å². The zero-order valence-electron chi connectivity index (χ0n) is 13.8. The van der Waals surface area contributed by atoms with E-state index in [-0.39, 0.29) is 23.6 Å². The molecule has 0 aliphatic rings. The van der Waals surface area contributed by atoms with E-state index >= 15 is 0 Å². The second kappa shape index (κ2) is 8.95. The number of hydrogen-bond acceptors (Lipinski definition) is 6. The van der Waals surface area contributed by atoms with Gasteiger partial charge in [0.15, 0.2) is 0 Å². The van der Waals surface area contributed by atoms with Gasteiger partial charge in [0.2, 0.25) is 5.91 Å². The highest BCUT2D eigenvalue weighted by atomic mass is 79.9. The van der Waals surface area contributed by atoms with Crippen LogP contribution in [-0.2, 0) is 9.53 Å². The Labute approximate surface area is 157 Å². The first-order valence-corrected chi connectivity index (χ1v) is 8.36. The zero-order valence-corrected chi connectivity index (χ0v) is 15.4. The number of rotatable bonds is 7. The number of amides is 1. The quantitative estimate of drug-likeness (QED) is 0.401. The number of nitro groups is 1. The summed E-state index contributed by atoms with van der Waals surface area (Å²) >= 11 is 3.32. The summed E-state index contributed by atoms with van der Waals surface area (Å²) in [6.07, 6.45) is 0.181. The van der Waals surface area contributed by atoms with Crippen molar-refractivity contribution in [3.05, 3.63) is 62.6 Å². The van der Waals surface area contributed by atoms with Crippen molar-refractivity contribution >= 4 is 44.9 Å². The maximum atomic E-state index is 11.9. The lowest BCUT2D eigenvalue weighted by atomic mass is 10.1. The minimum absolute atomic E-state index is 0.151. The normalized spacial score (nSPS) is 10.1. The van der Waals surface area contributed by atoms with Crippen LogP contribution in [0.1, 0.15) is 16.8 Å². The van der Waals surface area contributed by atoms with Gasteiger partial charge in [0, 0.05) is 34.9 Å². The molecular formula is C17H16BrN3O5. The van der Waals surface area contributed by atoms with Gasteiger partial charge in [0.25, 0.3) is 5.69 Å². The van der Waals surface area contributed by atoms with Crippen molar-refractivity contribution in [1.29, 1.82) is 0 Å². The monoisotopic (exact) mass is 421 g/mol. The van der Waals surface area contributed by atoms with Gasteiger partial charge in [-0.15, -0.1) is 0 Å². The van der Waals surface area contributed by atoms with E-state index in [0.717, 1.165) is 11.6 Å². The molecule has 9 heteroatoms. The molecule has 0 saturated carbocycles. The number of nitro benzene ring substituents is 1. The number of hydrogen-bond donors (Lipinski definition) is 2. The average Bonchev–Trinajstić information content (AvgIpc) is 2.62. The number of methoxy groups -OCH3 is 1. The first-order chi connectivity index (χ1) is 12.4. The van der Waals surface area contributed by atoms with Gasteiger partial charge in [-0.3, -0.25) is 14.9 Å². The van der Waals surface area contributed by atoms with Crippen molar-refractivity contribution in [1.82, 2.24) is 0 Å². The van der Waals surface area contributed by atoms with Crippen molar-refractivity contribution in [2.24, 2.45) is 0 Å². The van der Waals surface area contributed by atoms with Crippen molar-refractivity contribution < 1.29 is 19.2 Å². The number of benzene rings is 2. The Hall–Kier alpha value is -2.94. The number of nitrogens with one attached hydrogen (secondary N) is 2. The molecule has 0 spiro atoms. The molecule has 136 valence electrons. The summed E-state index contributed by atoms with van der Waals surface area (Å²) in [5.74, 6) is -0.983. The summed E-state index contributed by atoms with van der Waals surface area (Å²) in [6, 6.07) is 11.2. The van der Waals surface area contributed by atoms with Crippen LogP contribution in [0.2, 0.25) is 0 Å². The molecule has 26 heavy (non-hydrogen) atoms. The van der Waals surface area contributed by atoms with Crippen molar-refractivity contribution in [3.8, 4) is 0 Å². The topological polar surface area (TPSA) is 111 Å². The van der Waals surface area contributed by atoms with E-state index in [9.17, 15) is 19.7 Å². The van der Waals surface area contributed by atoms with E-state index in [0.29, 0.717) is 17.9 Å². The highest BCUT2D eigenvalue weighted by Gasteiger charge is 2.21. The van der Waals surface area contributed by atoms with Crippen LogP contribution in [0.5, 0.6) is 0 Å². The Kier molecular flexibility index (Phi) is 6.67. The minimum atomic E-state index is -0.798. The molecule has 0 atom stereocenters. The fourth-order valence-corrected chi connectivity index (χ4v) is 2.42. The van der Waals surface area contributed by atoms with Crippen LogP contribution in [0.25, 0.3) is 0 Å². The van der Waals surface area contributed by atoms with Crippen LogP contribution in [0.15, 0.2) is 46.9 Å². The van der Waals surface area contributed by atoms with Crippen LogP contribution in [0.3, 0.4) is 0 Å². The number of ether oxygens (including phenoxy) is 1. The Morgan fingerprint density at radius 3 is 2.42 bits per heavy atom. The van der Waals surface area contributed by atoms with Gasteiger partial charge >= 0.3 is 5.97 Å². The third kappa shape index (κ3) is 5.28.